The number of aromatic nitrogens is 5. The number of methoxy groups -OCH3 is 1. The number of amides is 1. The molecule has 9 heteroatoms. The van der Waals surface area contributed by atoms with E-state index < -0.39 is 5.97 Å². The molecule has 1 aliphatic rings. The fourth-order valence-electron chi connectivity index (χ4n) is 3.66. The van der Waals surface area contributed by atoms with E-state index in [0.717, 1.165) is 24.2 Å². The lowest BCUT2D eigenvalue weighted by atomic mass is 10.1. The summed E-state index contributed by atoms with van der Waals surface area (Å²) in [4.78, 5) is 29.9. The number of carbonyl (C=O) groups excluding carboxylic acids is 2. The smallest absolute Gasteiger partial charge is 0.338 e. The Kier molecular flexibility index (Phi) is 5.05. The maximum Gasteiger partial charge on any atom is 0.338 e. The summed E-state index contributed by atoms with van der Waals surface area (Å²) in [7, 11) is 1.36. The molecule has 1 amide bonds. The molecule has 0 spiro atoms. The van der Waals surface area contributed by atoms with Crippen molar-refractivity contribution in [2.45, 2.75) is 59.0 Å². The molecule has 0 unspecified atom stereocenters. The predicted molar refractivity (Wildman–Crippen MR) is 112 cm³/mol. The number of fused-ring (bicyclic) bond motifs is 1. The predicted octanol–water partition coefficient (Wildman–Crippen LogP) is 3.13. The monoisotopic (exact) mass is 410 g/mol. The quantitative estimate of drug-likeness (QED) is 0.626. The van der Waals surface area contributed by atoms with Gasteiger partial charge in [-0.25, -0.2) is 19.1 Å². The van der Waals surface area contributed by atoms with Gasteiger partial charge in [0, 0.05) is 23.7 Å². The molecule has 0 bridgehead atoms. The molecule has 1 fully saturated rings. The van der Waals surface area contributed by atoms with Crippen LogP contribution in [0.3, 0.4) is 0 Å². The highest BCUT2D eigenvalue weighted by atomic mass is 16.5. The number of esters is 1. The summed E-state index contributed by atoms with van der Waals surface area (Å²) in [5.41, 5.74) is 3.29. The third-order valence-corrected chi connectivity index (χ3v) is 5.21. The summed E-state index contributed by atoms with van der Waals surface area (Å²) >= 11 is 0. The Balaban J connectivity index is 1.68. The Hall–Kier alpha value is -3.23. The van der Waals surface area contributed by atoms with Crippen LogP contribution in [-0.4, -0.2) is 43.5 Å². The largest absolute Gasteiger partial charge is 0.465 e. The van der Waals surface area contributed by atoms with E-state index in [0.29, 0.717) is 34.0 Å². The number of hydrogen-bond donors (Lipinski definition) is 1. The van der Waals surface area contributed by atoms with Crippen molar-refractivity contribution in [3.05, 3.63) is 34.8 Å². The van der Waals surface area contributed by atoms with Crippen molar-refractivity contribution in [3.63, 3.8) is 0 Å². The van der Waals surface area contributed by atoms with E-state index in [2.05, 4.69) is 15.5 Å². The van der Waals surface area contributed by atoms with Crippen LogP contribution in [0, 0.1) is 13.8 Å². The number of rotatable bonds is 6. The first-order valence-electron chi connectivity index (χ1n) is 10.1. The first-order chi connectivity index (χ1) is 14.3. The van der Waals surface area contributed by atoms with Crippen LogP contribution < -0.4 is 5.32 Å². The summed E-state index contributed by atoms with van der Waals surface area (Å²) in [5.74, 6) is 0.327. The molecule has 3 aromatic rings. The lowest BCUT2D eigenvalue weighted by Gasteiger charge is -2.12. The highest BCUT2D eigenvalue weighted by Gasteiger charge is 2.29. The minimum Gasteiger partial charge on any atom is -0.465 e. The minimum atomic E-state index is -0.423. The summed E-state index contributed by atoms with van der Waals surface area (Å²) in [6, 6.07) is 3.75. The molecule has 0 radical (unpaired) electrons. The van der Waals surface area contributed by atoms with Crippen molar-refractivity contribution in [2.24, 2.45) is 0 Å². The van der Waals surface area contributed by atoms with Crippen molar-refractivity contribution in [1.82, 2.24) is 24.5 Å². The Morgan fingerprint density at radius 3 is 2.60 bits per heavy atom. The molecular formula is C21H26N6O3. The van der Waals surface area contributed by atoms with Crippen molar-refractivity contribution in [1.29, 1.82) is 0 Å². The number of ether oxygens (including phenoxy) is 1. The maximum atomic E-state index is 12.8. The molecule has 3 heterocycles. The topological polar surface area (TPSA) is 104 Å². The number of anilines is 1. The van der Waals surface area contributed by atoms with E-state index in [1.165, 1.54) is 7.11 Å². The number of nitrogens with one attached hydrogen (secondary N) is 1. The average Bonchev–Trinajstić information content (AvgIpc) is 3.42. The maximum absolute atomic E-state index is 12.8. The summed E-state index contributed by atoms with van der Waals surface area (Å²) in [6.45, 7) is 7.68. The van der Waals surface area contributed by atoms with Crippen LogP contribution >= 0.6 is 0 Å². The van der Waals surface area contributed by atoms with Gasteiger partial charge in [0.15, 0.2) is 5.65 Å². The molecule has 0 aromatic carbocycles. The lowest BCUT2D eigenvalue weighted by Crippen LogP contribution is -2.22. The first-order valence-corrected chi connectivity index (χ1v) is 10.1. The van der Waals surface area contributed by atoms with Gasteiger partial charge in [0.2, 0.25) is 5.91 Å². The van der Waals surface area contributed by atoms with Gasteiger partial charge in [-0.1, -0.05) is 0 Å². The Morgan fingerprint density at radius 2 is 1.97 bits per heavy atom. The van der Waals surface area contributed by atoms with E-state index in [1.54, 1.807) is 22.4 Å². The first kappa shape index (κ1) is 20.1. The third-order valence-electron chi connectivity index (χ3n) is 5.21. The molecule has 3 aromatic heterocycles. The molecule has 0 saturated heterocycles. The van der Waals surface area contributed by atoms with Gasteiger partial charge in [-0.15, -0.1) is 0 Å². The summed E-state index contributed by atoms with van der Waals surface area (Å²) < 4.78 is 8.30. The van der Waals surface area contributed by atoms with E-state index in [1.807, 2.05) is 26.8 Å². The number of carbonyl (C=O) groups is 2. The van der Waals surface area contributed by atoms with Gasteiger partial charge in [0.1, 0.15) is 12.4 Å². The van der Waals surface area contributed by atoms with Gasteiger partial charge < -0.3 is 10.1 Å². The molecule has 9 nitrogen and oxygen atoms in total. The van der Waals surface area contributed by atoms with E-state index >= 15 is 0 Å². The van der Waals surface area contributed by atoms with Gasteiger partial charge in [-0.2, -0.15) is 10.2 Å². The fraction of sp³-hybridized carbons (Fsp3) is 0.476. The normalized spacial score (nSPS) is 13.8. The number of hydrogen-bond acceptors (Lipinski definition) is 6. The van der Waals surface area contributed by atoms with E-state index in [9.17, 15) is 9.59 Å². The number of nitrogens with zero attached hydrogens (tertiary/aromatic N) is 5. The van der Waals surface area contributed by atoms with Crippen LogP contribution in [0.5, 0.6) is 0 Å². The standard InChI is InChI=1S/C21H26N6O3/c1-11(2)27-17(8-12(3)24-27)23-18(28)10-26-20-19(13(4)25-26)15(21(29)30-5)9-16(22-20)14-6-7-14/h8-9,11,14H,6-7,10H2,1-5H3,(H,23,28). The van der Waals surface area contributed by atoms with E-state index in [-0.39, 0.29) is 18.5 Å². The van der Waals surface area contributed by atoms with E-state index in [4.69, 9.17) is 9.72 Å². The van der Waals surface area contributed by atoms with Crippen LogP contribution in [-0.2, 0) is 16.1 Å². The Morgan fingerprint density at radius 1 is 1.23 bits per heavy atom. The van der Waals surface area contributed by atoms with Gasteiger partial charge in [-0.3, -0.25) is 4.79 Å². The molecule has 1 N–H and O–H groups in total. The summed E-state index contributed by atoms with van der Waals surface area (Å²) in [5, 5.41) is 12.5. The average molecular weight is 410 g/mol. The highest BCUT2D eigenvalue weighted by Crippen LogP contribution is 2.40. The Labute approximate surface area is 174 Å². The van der Waals surface area contributed by atoms with Crippen LogP contribution in [0.15, 0.2) is 12.1 Å². The molecule has 1 saturated carbocycles. The summed E-state index contributed by atoms with van der Waals surface area (Å²) in [6.07, 6.45) is 2.09. The van der Waals surface area contributed by atoms with Crippen LogP contribution in [0.2, 0.25) is 0 Å². The number of pyridine rings is 1. The molecule has 0 atom stereocenters. The van der Waals surface area contributed by atoms with Crippen LogP contribution in [0.4, 0.5) is 5.82 Å². The van der Waals surface area contributed by atoms with Crippen molar-refractivity contribution in [2.75, 3.05) is 12.4 Å². The molecule has 4 rings (SSSR count). The molecule has 158 valence electrons. The SMILES string of the molecule is COC(=O)c1cc(C2CC2)nc2c1c(C)nn2CC(=O)Nc1cc(C)nn1C(C)C. The zero-order valence-corrected chi connectivity index (χ0v) is 17.9. The second-order valence-corrected chi connectivity index (χ2v) is 8.06. The molecule has 1 aliphatic carbocycles. The van der Waals surface area contributed by atoms with Crippen molar-refractivity contribution < 1.29 is 14.3 Å². The fourth-order valence-corrected chi connectivity index (χ4v) is 3.66. The zero-order chi connectivity index (χ0) is 21.6. The van der Waals surface area contributed by atoms with Gasteiger partial charge in [-0.05, 0) is 46.6 Å². The van der Waals surface area contributed by atoms with Crippen LogP contribution in [0.1, 0.15) is 66.1 Å². The molecular weight excluding hydrogens is 384 g/mol. The Bertz CT molecular complexity index is 1140. The lowest BCUT2D eigenvalue weighted by molar-refractivity contribution is -0.116. The van der Waals surface area contributed by atoms with Crippen LogP contribution in [0.25, 0.3) is 11.0 Å². The third kappa shape index (κ3) is 3.67. The zero-order valence-electron chi connectivity index (χ0n) is 17.9. The second kappa shape index (κ2) is 7.55. The molecule has 30 heavy (non-hydrogen) atoms. The molecule has 0 aliphatic heterocycles. The van der Waals surface area contributed by atoms with Gasteiger partial charge in [0.25, 0.3) is 0 Å². The van der Waals surface area contributed by atoms with Gasteiger partial charge in [0.05, 0.1) is 29.4 Å². The second-order valence-electron chi connectivity index (χ2n) is 8.06. The number of aryl methyl sites for hydroxylation is 2. The van der Waals surface area contributed by atoms with Crippen molar-refractivity contribution >= 4 is 28.7 Å². The highest BCUT2D eigenvalue weighted by molar-refractivity contribution is 6.04. The van der Waals surface area contributed by atoms with Gasteiger partial charge >= 0.3 is 5.97 Å². The minimum absolute atomic E-state index is 0.0194. The van der Waals surface area contributed by atoms with Crippen molar-refractivity contribution in [3.8, 4) is 0 Å².